The zero-order valence-corrected chi connectivity index (χ0v) is 16.1. The number of alkyl carbamates (subject to hydrolysis) is 1. The molecule has 1 N–H and O–H groups in total. The fourth-order valence-corrected chi connectivity index (χ4v) is 3.85. The number of nitrogens with zero attached hydrogens (tertiary/aromatic N) is 1. The monoisotopic (exact) mass is 394 g/mol. The molecule has 0 fully saturated rings. The lowest BCUT2D eigenvalue weighted by Crippen LogP contribution is -2.26. The molecule has 30 heavy (non-hydrogen) atoms. The van der Waals surface area contributed by atoms with Crippen LogP contribution in [0.15, 0.2) is 77.5 Å². The van der Waals surface area contributed by atoms with E-state index in [1.54, 1.807) is 0 Å². The van der Waals surface area contributed by atoms with Crippen LogP contribution >= 0.6 is 0 Å². The number of hydrogen-bond donors (Lipinski definition) is 1. The molecule has 4 aromatic rings. The molecule has 146 valence electrons. The van der Waals surface area contributed by atoms with Gasteiger partial charge in [0, 0.05) is 11.5 Å². The smallest absolute Gasteiger partial charge is 0.407 e. The lowest BCUT2D eigenvalue weighted by Gasteiger charge is -2.14. The maximum atomic E-state index is 12.2. The molecule has 5 nitrogen and oxygen atoms in total. The summed E-state index contributed by atoms with van der Waals surface area (Å²) in [7, 11) is 0. The fourth-order valence-electron chi connectivity index (χ4n) is 3.85. The summed E-state index contributed by atoms with van der Waals surface area (Å²) in [5, 5.41) is 2.69. The third-order valence-corrected chi connectivity index (χ3v) is 5.23. The highest BCUT2D eigenvalue weighted by atomic mass is 16.5. The van der Waals surface area contributed by atoms with Gasteiger partial charge in [-0.1, -0.05) is 60.4 Å². The van der Waals surface area contributed by atoms with Crippen LogP contribution in [0.3, 0.4) is 0 Å². The van der Waals surface area contributed by atoms with Crippen molar-refractivity contribution >= 4 is 17.2 Å². The van der Waals surface area contributed by atoms with E-state index in [1.807, 2.05) is 42.5 Å². The van der Waals surface area contributed by atoms with Crippen LogP contribution in [0.1, 0.15) is 22.6 Å². The lowest BCUT2D eigenvalue weighted by molar-refractivity contribution is 0.144. The third kappa shape index (κ3) is 3.40. The number of fused-ring (bicyclic) bond motifs is 4. The van der Waals surface area contributed by atoms with Crippen LogP contribution in [0.4, 0.5) is 4.79 Å². The van der Waals surface area contributed by atoms with Crippen molar-refractivity contribution in [3.8, 4) is 23.0 Å². The van der Waals surface area contributed by atoms with Crippen molar-refractivity contribution in [1.29, 1.82) is 0 Å². The first-order valence-electron chi connectivity index (χ1n) is 9.70. The molecular formula is C25H18N2O3. The molecule has 0 saturated carbocycles. The molecule has 0 aliphatic heterocycles. The van der Waals surface area contributed by atoms with Gasteiger partial charge in [0.25, 0.3) is 0 Å². The van der Waals surface area contributed by atoms with Crippen LogP contribution < -0.4 is 5.32 Å². The largest absolute Gasteiger partial charge is 0.449 e. The summed E-state index contributed by atoms with van der Waals surface area (Å²) < 4.78 is 10.7. The number of nitrogens with one attached hydrogen (secondary N) is 1. The van der Waals surface area contributed by atoms with E-state index < -0.39 is 6.09 Å². The average Bonchev–Trinajstić information content (AvgIpc) is 3.37. The highest BCUT2D eigenvalue weighted by Gasteiger charge is 2.28. The lowest BCUT2D eigenvalue weighted by atomic mass is 9.98. The van der Waals surface area contributed by atoms with Crippen LogP contribution in [0.5, 0.6) is 0 Å². The average molecular weight is 394 g/mol. The van der Waals surface area contributed by atoms with Crippen molar-refractivity contribution in [3.05, 3.63) is 89.8 Å². The second kappa shape index (κ2) is 7.76. The van der Waals surface area contributed by atoms with Crippen LogP contribution in [0.2, 0.25) is 0 Å². The number of oxazole rings is 1. The van der Waals surface area contributed by atoms with Gasteiger partial charge >= 0.3 is 6.09 Å². The van der Waals surface area contributed by atoms with Gasteiger partial charge in [-0.25, -0.2) is 9.78 Å². The number of carbonyl (C=O) groups is 1. The summed E-state index contributed by atoms with van der Waals surface area (Å²) in [5.74, 6) is 5.98. The van der Waals surface area contributed by atoms with E-state index in [4.69, 9.17) is 9.15 Å². The normalized spacial score (nSPS) is 12.0. The molecule has 0 unspecified atom stereocenters. The van der Waals surface area contributed by atoms with E-state index in [0.717, 1.165) is 16.7 Å². The predicted octanol–water partition coefficient (Wildman–Crippen LogP) is 4.72. The molecule has 1 aliphatic carbocycles. The van der Waals surface area contributed by atoms with E-state index in [-0.39, 0.29) is 19.1 Å². The standard InChI is InChI=1S/C25H18N2O3/c28-25(26-13-5-6-17-11-12-24-23(14-17)27-16-30-24)29-15-22-20-9-3-1-7-18(20)19-8-2-4-10-21(19)22/h1-4,7-12,14,16,22H,13,15H2,(H,26,28). The minimum Gasteiger partial charge on any atom is -0.449 e. The number of amides is 1. The molecule has 0 bridgehead atoms. The highest BCUT2D eigenvalue weighted by molar-refractivity contribution is 5.79. The molecule has 0 saturated heterocycles. The topological polar surface area (TPSA) is 64.4 Å². The summed E-state index contributed by atoms with van der Waals surface area (Å²) >= 11 is 0. The maximum Gasteiger partial charge on any atom is 0.407 e. The zero-order valence-electron chi connectivity index (χ0n) is 16.1. The van der Waals surface area contributed by atoms with E-state index >= 15 is 0 Å². The first kappa shape index (κ1) is 18.0. The molecule has 0 spiro atoms. The molecule has 5 rings (SSSR count). The van der Waals surface area contributed by atoms with E-state index in [2.05, 4.69) is 46.4 Å². The van der Waals surface area contributed by atoms with Crippen LogP contribution in [-0.2, 0) is 4.74 Å². The predicted molar refractivity (Wildman–Crippen MR) is 114 cm³/mol. The summed E-state index contributed by atoms with van der Waals surface area (Å²) in [6.45, 7) is 0.490. The summed E-state index contributed by atoms with van der Waals surface area (Å²) in [4.78, 5) is 16.3. The summed E-state index contributed by atoms with van der Waals surface area (Å²) in [6, 6.07) is 22.0. The maximum absolute atomic E-state index is 12.2. The first-order chi connectivity index (χ1) is 14.8. The number of benzene rings is 3. The summed E-state index contributed by atoms with van der Waals surface area (Å²) in [6.07, 6.45) is 0.929. The van der Waals surface area contributed by atoms with Gasteiger partial charge in [0.15, 0.2) is 12.0 Å². The van der Waals surface area contributed by atoms with Crippen molar-refractivity contribution in [2.24, 2.45) is 0 Å². The molecule has 0 radical (unpaired) electrons. The number of rotatable bonds is 3. The Kier molecular flexibility index (Phi) is 4.66. The first-order valence-corrected chi connectivity index (χ1v) is 9.70. The number of carbonyl (C=O) groups excluding carboxylic acids is 1. The van der Waals surface area contributed by atoms with Gasteiger partial charge in [-0.2, -0.15) is 0 Å². The van der Waals surface area contributed by atoms with Crippen molar-refractivity contribution in [2.75, 3.05) is 13.2 Å². The van der Waals surface area contributed by atoms with Crippen molar-refractivity contribution in [3.63, 3.8) is 0 Å². The Morgan fingerprint density at radius 1 is 1.03 bits per heavy atom. The SMILES string of the molecule is O=C(NCC#Cc1ccc2ocnc2c1)OCC1c2ccccc2-c2ccccc21. The number of ether oxygens (including phenoxy) is 1. The van der Waals surface area contributed by atoms with Crippen molar-refractivity contribution in [2.45, 2.75) is 5.92 Å². The molecule has 3 aromatic carbocycles. The van der Waals surface area contributed by atoms with Gasteiger partial charge < -0.3 is 14.5 Å². The number of aromatic nitrogens is 1. The Hall–Kier alpha value is -4.04. The Morgan fingerprint density at radius 3 is 2.53 bits per heavy atom. The van der Waals surface area contributed by atoms with E-state index in [9.17, 15) is 4.79 Å². The Bertz CT molecular complexity index is 1250. The van der Waals surface area contributed by atoms with Gasteiger partial charge in [-0.05, 0) is 40.5 Å². The van der Waals surface area contributed by atoms with Gasteiger partial charge in [0.2, 0.25) is 0 Å². The molecule has 0 atom stereocenters. The van der Waals surface area contributed by atoms with Crippen LogP contribution in [-0.4, -0.2) is 24.2 Å². The molecular weight excluding hydrogens is 376 g/mol. The molecule has 1 amide bonds. The Labute approximate surface area is 173 Å². The van der Waals surface area contributed by atoms with Crippen molar-refractivity contribution in [1.82, 2.24) is 10.3 Å². The second-order valence-corrected chi connectivity index (χ2v) is 7.02. The van der Waals surface area contributed by atoms with Gasteiger partial charge in [0.05, 0.1) is 6.54 Å². The van der Waals surface area contributed by atoms with Gasteiger partial charge in [-0.15, -0.1) is 0 Å². The van der Waals surface area contributed by atoms with Crippen molar-refractivity contribution < 1.29 is 13.9 Å². The molecule has 5 heteroatoms. The fraction of sp³-hybridized carbons (Fsp3) is 0.120. The van der Waals surface area contributed by atoms with Crippen LogP contribution in [0, 0.1) is 11.8 Å². The quantitative estimate of drug-likeness (QED) is 0.511. The van der Waals surface area contributed by atoms with Gasteiger partial charge in [0.1, 0.15) is 12.1 Å². The Morgan fingerprint density at radius 2 is 1.77 bits per heavy atom. The molecule has 1 aliphatic rings. The molecule has 1 aromatic heterocycles. The Balaban J connectivity index is 1.19. The second-order valence-electron chi connectivity index (χ2n) is 7.02. The van der Waals surface area contributed by atoms with E-state index in [0.29, 0.717) is 0 Å². The third-order valence-electron chi connectivity index (χ3n) is 5.23. The van der Waals surface area contributed by atoms with Crippen LogP contribution in [0.25, 0.3) is 22.2 Å². The minimum atomic E-state index is -0.474. The van der Waals surface area contributed by atoms with E-state index in [1.165, 1.54) is 28.6 Å². The molecule has 1 heterocycles. The highest BCUT2D eigenvalue weighted by Crippen LogP contribution is 2.44. The zero-order chi connectivity index (χ0) is 20.3. The number of hydrogen-bond acceptors (Lipinski definition) is 4. The van der Waals surface area contributed by atoms with Gasteiger partial charge in [-0.3, -0.25) is 0 Å². The minimum absolute atomic E-state index is 0.0448. The summed E-state index contributed by atoms with van der Waals surface area (Å²) in [5.41, 5.74) is 7.08.